The molecule has 2 aromatic carbocycles. The van der Waals surface area contributed by atoms with Crippen LogP contribution < -0.4 is 4.90 Å². The van der Waals surface area contributed by atoms with Crippen molar-refractivity contribution in [2.45, 2.75) is 10.6 Å². The molecule has 3 rings (SSSR count). The maximum Gasteiger partial charge on any atom is 0.288 e. The molecular formula is C19H21ClN3O5S+. The number of carbonyl (C=O) groups excluding carboxylic acids is 1. The van der Waals surface area contributed by atoms with E-state index in [1.54, 1.807) is 29.2 Å². The third-order valence-corrected chi connectivity index (χ3v) is 7.02. The molecule has 0 aliphatic carbocycles. The summed E-state index contributed by atoms with van der Waals surface area (Å²) in [5.41, 5.74) is -0.154. The summed E-state index contributed by atoms with van der Waals surface area (Å²) in [6.07, 6.45) is 0. The van der Waals surface area contributed by atoms with Crippen molar-refractivity contribution < 1.29 is 23.0 Å². The average molecular weight is 439 g/mol. The number of likely N-dealkylation sites (N-methyl/N-ethyl adjacent to an activating group) is 1. The van der Waals surface area contributed by atoms with Gasteiger partial charge < -0.3 is 9.80 Å². The van der Waals surface area contributed by atoms with Crippen LogP contribution in [0.15, 0.2) is 47.4 Å². The monoisotopic (exact) mass is 438 g/mol. The lowest BCUT2D eigenvalue weighted by Gasteiger charge is -2.30. The van der Waals surface area contributed by atoms with E-state index in [1.165, 1.54) is 11.0 Å². The quantitative estimate of drug-likeness (QED) is 0.558. The number of carbonyl (C=O) groups is 1. The third kappa shape index (κ3) is 4.75. The van der Waals surface area contributed by atoms with E-state index in [1.807, 2.05) is 7.05 Å². The molecule has 0 saturated carbocycles. The highest BCUT2D eigenvalue weighted by Gasteiger charge is 2.30. The van der Waals surface area contributed by atoms with Crippen LogP contribution >= 0.6 is 11.6 Å². The van der Waals surface area contributed by atoms with E-state index < -0.39 is 31.1 Å². The minimum Gasteiger partial charge on any atom is -0.334 e. The number of piperazine rings is 1. The molecule has 29 heavy (non-hydrogen) atoms. The number of halogens is 1. The van der Waals surface area contributed by atoms with E-state index in [9.17, 15) is 23.3 Å². The zero-order valence-electron chi connectivity index (χ0n) is 15.8. The Bertz CT molecular complexity index is 1050. The van der Waals surface area contributed by atoms with E-state index in [-0.39, 0.29) is 16.5 Å². The van der Waals surface area contributed by atoms with Crippen LogP contribution in [-0.4, -0.2) is 57.4 Å². The molecule has 1 aliphatic heterocycles. The van der Waals surface area contributed by atoms with Crippen LogP contribution in [-0.2, 0) is 15.6 Å². The van der Waals surface area contributed by atoms with E-state index in [4.69, 9.17) is 11.6 Å². The van der Waals surface area contributed by atoms with Gasteiger partial charge in [0.05, 0.1) is 43.9 Å². The van der Waals surface area contributed by atoms with E-state index in [0.29, 0.717) is 18.7 Å². The first-order chi connectivity index (χ1) is 13.7. The second kappa shape index (κ2) is 8.48. The van der Waals surface area contributed by atoms with Gasteiger partial charge in [0.25, 0.3) is 11.6 Å². The molecule has 0 bridgehead atoms. The highest BCUT2D eigenvalue weighted by Crippen LogP contribution is 2.30. The summed E-state index contributed by atoms with van der Waals surface area (Å²) in [5, 5.41) is 11.8. The third-order valence-electron chi connectivity index (χ3n) is 4.95. The van der Waals surface area contributed by atoms with E-state index in [0.717, 1.165) is 25.2 Å². The van der Waals surface area contributed by atoms with Crippen LogP contribution in [0.5, 0.6) is 0 Å². The molecule has 2 aromatic rings. The van der Waals surface area contributed by atoms with Crippen LogP contribution in [0, 0.1) is 10.1 Å². The van der Waals surface area contributed by atoms with Gasteiger partial charge in [0.2, 0.25) is 0 Å². The fraction of sp³-hybridized carbons (Fsp3) is 0.316. The van der Waals surface area contributed by atoms with Gasteiger partial charge in [-0.05, 0) is 23.8 Å². The van der Waals surface area contributed by atoms with Gasteiger partial charge in [0.15, 0.2) is 9.84 Å². The van der Waals surface area contributed by atoms with Crippen molar-refractivity contribution in [3.8, 4) is 0 Å². The zero-order valence-corrected chi connectivity index (χ0v) is 17.4. The van der Waals surface area contributed by atoms with E-state index in [2.05, 4.69) is 0 Å². The molecule has 154 valence electrons. The Morgan fingerprint density at radius 3 is 2.48 bits per heavy atom. The van der Waals surface area contributed by atoms with Crippen molar-refractivity contribution >= 4 is 33.0 Å². The first-order valence-corrected chi connectivity index (χ1v) is 11.1. The van der Waals surface area contributed by atoms with Crippen molar-refractivity contribution in [1.82, 2.24) is 4.90 Å². The molecule has 1 fully saturated rings. The predicted molar refractivity (Wildman–Crippen MR) is 108 cm³/mol. The molecule has 1 aliphatic rings. The van der Waals surface area contributed by atoms with Crippen LogP contribution in [0.25, 0.3) is 0 Å². The van der Waals surface area contributed by atoms with Gasteiger partial charge >= 0.3 is 0 Å². The number of nitrogens with zero attached hydrogens (tertiary/aromatic N) is 2. The van der Waals surface area contributed by atoms with Crippen LogP contribution in [0.3, 0.4) is 0 Å². The van der Waals surface area contributed by atoms with Gasteiger partial charge in [-0.15, -0.1) is 0 Å². The van der Waals surface area contributed by atoms with Crippen molar-refractivity contribution in [1.29, 1.82) is 0 Å². The molecule has 0 spiro atoms. The minimum atomic E-state index is -4.04. The molecular weight excluding hydrogens is 418 g/mol. The summed E-state index contributed by atoms with van der Waals surface area (Å²) in [4.78, 5) is 26.0. The normalized spacial score (nSPS) is 15.3. The summed E-state index contributed by atoms with van der Waals surface area (Å²) in [7, 11) is -2.01. The SMILES string of the molecule is C[NH+]1CCN(C(=O)c2ccc(S(=O)(=O)Cc3ccccc3Cl)c([N+](=O)[O-])c2)CC1. The number of hydrogen-bond donors (Lipinski definition) is 1. The number of amides is 1. The summed E-state index contributed by atoms with van der Waals surface area (Å²) in [5.74, 6) is -0.808. The maximum atomic E-state index is 12.8. The highest BCUT2D eigenvalue weighted by molar-refractivity contribution is 7.90. The lowest BCUT2D eigenvalue weighted by atomic mass is 10.1. The molecule has 8 nitrogen and oxygen atoms in total. The van der Waals surface area contributed by atoms with Crippen molar-refractivity contribution in [3.05, 3.63) is 68.7 Å². The number of nitro groups is 1. The number of rotatable bonds is 5. The van der Waals surface area contributed by atoms with Gasteiger partial charge in [-0.1, -0.05) is 29.8 Å². The molecule has 0 unspecified atom stereocenters. The van der Waals surface area contributed by atoms with Gasteiger partial charge in [-0.25, -0.2) is 8.42 Å². The van der Waals surface area contributed by atoms with Crippen LogP contribution in [0.1, 0.15) is 15.9 Å². The smallest absolute Gasteiger partial charge is 0.288 e. The number of nitrogens with one attached hydrogen (secondary N) is 1. The van der Waals surface area contributed by atoms with Gasteiger partial charge in [-0.3, -0.25) is 14.9 Å². The summed E-state index contributed by atoms with van der Waals surface area (Å²) in [6, 6.07) is 9.94. The van der Waals surface area contributed by atoms with Gasteiger partial charge in [-0.2, -0.15) is 0 Å². The van der Waals surface area contributed by atoms with Crippen molar-refractivity contribution in [3.63, 3.8) is 0 Å². The van der Waals surface area contributed by atoms with Crippen LogP contribution in [0.2, 0.25) is 5.02 Å². The lowest BCUT2D eigenvalue weighted by Crippen LogP contribution is -3.12. The Morgan fingerprint density at radius 1 is 1.21 bits per heavy atom. The summed E-state index contributed by atoms with van der Waals surface area (Å²) < 4.78 is 25.7. The topological polar surface area (TPSA) is 102 Å². The second-order valence-electron chi connectivity index (χ2n) is 7.04. The predicted octanol–water partition coefficient (Wildman–Crippen LogP) is 1.19. The number of nitro benzene ring substituents is 1. The van der Waals surface area contributed by atoms with E-state index >= 15 is 0 Å². The van der Waals surface area contributed by atoms with Gasteiger partial charge in [0.1, 0.15) is 4.90 Å². The average Bonchev–Trinajstić information content (AvgIpc) is 2.69. The molecule has 1 N–H and O–H groups in total. The fourth-order valence-electron chi connectivity index (χ4n) is 3.23. The number of hydrogen-bond acceptors (Lipinski definition) is 5. The number of quaternary nitrogens is 1. The Kier molecular flexibility index (Phi) is 6.21. The number of sulfone groups is 1. The molecule has 1 heterocycles. The molecule has 0 atom stereocenters. The molecule has 0 radical (unpaired) electrons. The van der Waals surface area contributed by atoms with Crippen molar-refractivity contribution in [2.75, 3.05) is 33.2 Å². The maximum absolute atomic E-state index is 12.8. The summed E-state index contributed by atoms with van der Waals surface area (Å²) >= 11 is 6.03. The zero-order chi connectivity index (χ0) is 21.2. The van der Waals surface area contributed by atoms with Crippen molar-refractivity contribution in [2.24, 2.45) is 0 Å². The van der Waals surface area contributed by atoms with Gasteiger partial charge in [0, 0.05) is 16.7 Å². The molecule has 1 saturated heterocycles. The fourth-order valence-corrected chi connectivity index (χ4v) is 5.05. The lowest BCUT2D eigenvalue weighted by molar-refractivity contribution is -0.883. The van der Waals surface area contributed by atoms with Crippen LogP contribution in [0.4, 0.5) is 5.69 Å². The highest BCUT2D eigenvalue weighted by atomic mass is 35.5. The minimum absolute atomic E-state index is 0.105. The standard InChI is InChI=1S/C19H20ClN3O5S/c1-21-8-10-22(11-9-21)19(24)14-6-7-18(17(12-14)23(25)26)29(27,28)13-15-4-2-3-5-16(15)20/h2-7,12H,8-11,13H2,1H3/p+1. The summed E-state index contributed by atoms with van der Waals surface area (Å²) in [6.45, 7) is 2.67. The first-order valence-electron chi connectivity index (χ1n) is 9.04. The number of benzene rings is 2. The first kappa shape index (κ1) is 21.2. The molecule has 10 heteroatoms. The Labute approximate surface area is 173 Å². The largest absolute Gasteiger partial charge is 0.334 e. The molecule has 0 aromatic heterocycles. The Hall–Kier alpha value is -2.49. The second-order valence-corrected chi connectivity index (χ2v) is 9.40. The Balaban J connectivity index is 1.93. The molecule has 1 amide bonds. The Morgan fingerprint density at radius 2 is 1.86 bits per heavy atom.